The number of aliphatic imine (C=N–C) groups is 1. The maximum atomic E-state index is 6.30. The minimum Gasteiger partial charge on any atom is -0.497 e. The van der Waals surface area contributed by atoms with Gasteiger partial charge in [0.05, 0.1) is 7.11 Å². The lowest BCUT2D eigenvalue weighted by molar-refractivity contribution is 0.214. The summed E-state index contributed by atoms with van der Waals surface area (Å²) >= 11 is 6.30. The first kappa shape index (κ1) is 19.9. The number of likely N-dealkylation sites (tertiary alicyclic amines) is 1. The number of hydrogen-bond donors (Lipinski definition) is 2. The first-order valence-electron chi connectivity index (χ1n) is 9.15. The summed E-state index contributed by atoms with van der Waals surface area (Å²) in [5.41, 5.74) is 1.11. The predicted molar refractivity (Wildman–Crippen MR) is 106 cm³/mol. The Bertz CT molecular complexity index is 564. The summed E-state index contributed by atoms with van der Waals surface area (Å²) in [6.45, 7) is 6.97. The number of halogens is 1. The quantitative estimate of drug-likeness (QED) is 0.575. The Morgan fingerprint density at radius 1 is 1.40 bits per heavy atom. The van der Waals surface area contributed by atoms with Crippen LogP contribution in [0.4, 0.5) is 0 Å². The molecule has 25 heavy (non-hydrogen) atoms. The summed E-state index contributed by atoms with van der Waals surface area (Å²) in [5, 5.41) is 7.48. The van der Waals surface area contributed by atoms with E-state index in [1.54, 1.807) is 7.11 Å². The maximum absolute atomic E-state index is 6.30. The largest absolute Gasteiger partial charge is 0.497 e. The van der Waals surface area contributed by atoms with Gasteiger partial charge >= 0.3 is 0 Å². The normalized spacial score (nSPS) is 18.9. The smallest absolute Gasteiger partial charge is 0.191 e. The number of hydrogen-bond acceptors (Lipinski definition) is 3. The molecular weight excluding hydrogens is 336 g/mol. The van der Waals surface area contributed by atoms with Gasteiger partial charge in [0.2, 0.25) is 0 Å². The lowest BCUT2D eigenvalue weighted by Gasteiger charge is -2.28. The molecule has 1 aliphatic heterocycles. The highest BCUT2D eigenvalue weighted by Crippen LogP contribution is 2.22. The van der Waals surface area contributed by atoms with Gasteiger partial charge in [0, 0.05) is 31.2 Å². The molecule has 1 heterocycles. The molecule has 2 rings (SSSR count). The third kappa shape index (κ3) is 6.75. The zero-order valence-corrected chi connectivity index (χ0v) is 16.4. The van der Waals surface area contributed by atoms with E-state index in [2.05, 4.69) is 29.5 Å². The molecule has 1 aromatic rings. The van der Waals surface area contributed by atoms with Crippen molar-refractivity contribution in [1.29, 1.82) is 0 Å². The van der Waals surface area contributed by atoms with Crippen LogP contribution in [0.25, 0.3) is 0 Å². The fourth-order valence-electron chi connectivity index (χ4n) is 3.16. The molecule has 1 aliphatic rings. The number of guanidine groups is 1. The Labute approximate surface area is 156 Å². The molecule has 2 N–H and O–H groups in total. The molecule has 1 fully saturated rings. The van der Waals surface area contributed by atoms with E-state index in [0.29, 0.717) is 5.92 Å². The maximum Gasteiger partial charge on any atom is 0.191 e. The number of nitrogens with zero attached hydrogens (tertiary/aromatic N) is 2. The number of rotatable bonds is 7. The van der Waals surface area contributed by atoms with Gasteiger partial charge in [-0.05, 0) is 63.4 Å². The third-order valence-corrected chi connectivity index (χ3v) is 4.87. The monoisotopic (exact) mass is 366 g/mol. The van der Waals surface area contributed by atoms with Crippen LogP contribution in [0.15, 0.2) is 23.2 Å². The van der Waals surface area contributed by atoms with Crippen LogP contribution in [0.3, 0.4) is 0 Å². The Balaban J connectivity index is 1.83. The molecule has 0 bridgehead atoms. The summed E-state index contributed by atoms with van der Waals surface area (Å²) < 4.78 is 5.19. The lowest BCUT2D eigenvalue weighted by atomic mass is 9.99. The Hall–Kier alpha value is -1.46. The van der Waals surface area contributed by atoms with Crippen LogP contribution >= 0.6 is 11.6 Å². The molecule has 6 heteroatoms. The second kappa shape index (κ2) is 10.5. The molecule has 1 aromatic carbocycles. The van der Waals surface area contributed by atoms with Crippen LogP contribution in [0.5, 0.6) is 5.75 Å². The molecular formula is C19H31ClN4O. The first-order chi connectivity index (χ1) is 12.1. The van der Waals surface area contributed by atoms with E-state index < -0.39 is 0 Å². The van der Waals surface area contributed by atoms with E-state index in [1.807, 2.05) is 18.2 Å². The lowest BCUT2D eigenvalue weighted by Crippen LogP contribution is -2.39. The van der Waals surface area contributed by atoms with E-state index >= 15 is 0 Å². The van der Waals surface area contributed by atoms with Crippen LogP contribution in [-0.2, 0) is 6.42 Å². The van der Waals surface area contributed by atoms with Crippen LogP contribution in [0.2, 0.25) is 5.02 Å². The van der Waals surface area contributed by atoms with Gasteiger partial charge < -0.3 is 20.3 Å². The molecule has 1 saturated heterocycles. The molecule has 0 aromatic heterocycles. The number of benzene rings is 1. The molecule has 0 spiro atoms. The van der Waals surface area contributed by atoms with Gasteiger partial charge in [-0.15, -0.1) is 0 Å². The molecule has 0 aliphatic carbocycles. The van der Waals surface area contributed by atoms with Crippen molar-refractivity contribution < 1.29 is 4.74 Å². The number of ether oxygens (including phenoxy) is 1. The summed E-state index contributed by atoms with van der Waals surface area (Å²) in [7, 11) is 3.84. The molecule has 1 atom stereocenters. The first-order valence-corrected chi connectivity index (χ1v) is 9.53. The molecule has 0 saturated carbocycles. The van der Waals surface area contributed by atoms with Crippen molar-refractivity contribution in [3.8, 4) is 5.75 Å². The second-order valence-electron chi connectivity index (χ2n) is 6.62. The van der Waals surface area contributed by atoms with Crippen molar-refractivity contribution in [1.82, 2.24) is 15.5 Å². The fourth-order valence-corrected chi connectivity index (χ4v) is 3.42. The van der Waals surface area contributed by atoms with Gasteiger partial charge in [0.25, 0.3) is 0 Å². The van der Waals surface area contributed by atoms with E-state index in [4.69, 9.17) is 21.3 Å². The fraction of sp³-hybridized carbons (Fsp3) is 0.632. The van der Waals surface area contributed by atoms with Crippen molar-refractivity contribution in [3.05, 3.63) is 28.8 Å². The Kier molecular flexibility index (Phi) is 8.35. The highest BCUT2D eigenvalue weighted by Gasteiger charge is 2.16. The van der Waals surface area contributed by atoms with E-state index in [0.717, 1.165) is 54.9 Å². The molecule has 1 unspecified atom stereocenters. The summed E-state index contributed by atoms with van der Waals surface area (Å²) in [6, 6.07) is 5.82. The minimum absolute atomic E-state index is 0.658. The van der Waals surface area contributed by atoms with Gasteiger partial charge in [-0.1, -0.05) is 17.7 Å². The topological polar surface area (TPSA) is 48.9 Å². The van der Waals surface area contributed by atoms with E-state index in [-0.39, 0.29) is 0 Å². The summed E-state index contributed by atoms with van der Waals surface area (Å²) in [6.07, 6.45) is 3.39. The van der Waals surface area contributed by atoms with Crippen LogP contribution in [0, 0.1) is 5.92 Å². The third-order valence-electron chi connectivity index (χ3n) is 4.52. The van der Waals surface area contributed by atoms with Gasteiger partial charge in [0.15, 0.2) is 5.96 Å². The van der Waals surface area contributed by atoms with Gasteiger partial charge in [-0.3, -0.25) is 4.99 Å². The van der Waals surface area contributed by atoms with Crippen molar-refractivity contribution in [3.63, 3.8) is 0 Å². The summed E-state index contributed by atoms with van der Waals surface area (Å²) in [4.78, 5) is 7.17. The van der Waals surface area contributed by atoms with Gasteiger partial charge in [0.1, 0.15) is 5.75 Å². The average molecular weight is 367 g/mol. The zero-order chi connectivity index (χ0) is 18.1. The van der Waals surface area contributed by atoms with E-state index in [9.17, 15) is 0 Å². The van der Waals surface area contributed by atoms with Crippen molar-refractivity contribution in [2.45, 2.75) is 26.2 Å². The molecule has 0 amide bonds. The number of methoxy groups -OCH3 is 1. The Morgan fingerprint density at radius 3 is 2.92 bits per heavy atom. The van der Waals surface area contributed by atoms with Crippen LogP contribution < -0.4 is 15.4 Å². The van der Waals surface area contributed by atoms with Gasteiger partial charge in [-0.25, -0.2) is 0 Å². The van der Waals surface area contributed by atoms with Crippen LogP contribution in [0.1, 0.15) is 25.3 Å². The molecule has 5 nitrogen and oxygen atoms in total. The Morgan fingerprint density at radius 2 is 2.24 bits per heavy atom. The molecule has 140 valence electrons. The average Bonchev–Trinajstić information content (AvgIpc) is 2.61. The number of piperidine rings is 1. The van der Waals surface area contributed by atoms with Crippen molar-refractivity contribution in [2.75, 3.05) is 46.9 Å². The second-order valence-corrected chi connectivity index (χ2v) is 7.03. The minimum atomic E-state index is 0.658. The zero-order valence-electron chi connectivity index (χ0n) is 15.6. The highest BCUT2D eigenvalue weighted by molar-refractivity contribution is 6.31. The van der Waals surface area contributed by atoms with Crippen molar-refractivity contribution >= 4 is 17.6 Å². The van der Waals surface area contributed by atoms with Crippen LogP contribution in [-0.4, -0.2) is 57.7 Å². The number of nitrogens with one attached hydrogen (secondary N) is 2. The van der Waals surface area contributed by atoms with Gasteiger partial charge in [-0.2, -0.15) is 0 Å². The molecule has 0 radical (unpaired) electrons. The highest BCUT2D eigenvalue weighted by atomic mass is 35.5. The predicted octanol–water partition coefficient (Wildman–Crippen LogP) is 2.79. The standard InChI is InChI=1S/C19H31ClN4O/c1-4-21-19(23-13-15-6-5-11-24(2)14-15)22-10-9-16-7-8-17(25-3)12-18(16)20/h7-8,12,15H,4-6,9-11,13-14H2,1-3H3,(H2,21,22,23). The summed E-state index contributed by atoms with van der Waals surface area (Å²) in [5.74, 6) is 2.33. The van der Waals surface area contributed by atoms with E-state index in [1.165, 1.54) is 19.4 Å². The van der Waals surface area contributed by atoms with Crippen molar-refractivity contribution in [2.24, 2.45) is 10.9 Å². The SMILES string of the molecule is CCNC(=NCC1CCCN(C)C1)NCCc1ccc(OC)cc1Cl.